The lowest BCUT2D eigenvalue weighted by Crippen LogP contribution is -2.23. The zero-order valence-electron chi connectivity index (χ0n) is 13.7. The molecule has 3 heterocycles. The van der Waals surface area contributed by atoms with Gasteiger partial charge in [0.2, 0.25) is 11.7 Å². The highest BCUT2D eigenvalue weighted by atomic mass is 19.4. The zero-order chi connectivity index (χ0) is 19.0. The van der Waals surface area contributed by atoms with E-state index in [1.807, 2.05) is 0 Å². The summed E-state index contributed by atoms with van der Waals surface area (Å²) in [5, 5.41) is 10.1. The van der Waals surface area contributed by atoms with Crippen LogP contribution in [0.15, 0.2) is 33.4 Å². The van der Waals surface area contributed by atoms with Crippen molar-refractivity contribution in [3.05, 3.63) is 47.3 Å². The number of carbonyl (C=O) groups excluding carboxylic acids is 1. The third kappa shape index (κ3) is 3.81. The molecule has 0 bridgehead atoms. The van der Waals surface area contributed by atoms with Crippen LogP contribution in [0.3, 0.4) is 0 Å². The monoisotopic (exact) mass is 379 g/mol. The van der Waals surface area contributed by atoms with Gasteiger partial charge in [0.1, 0.15) is 11.5 Å². The molecule has 3 aromatic heterocycles. The van der Waals surface area contributed by atoms with E-state index in [2.05, 4.69) is 25.6 Å². The summed E-state index contributed by atoms with van der Waals surface area (Å²) in [6.07, 6.45) is -1.57. The van der Waals surface area contributed by atoms with E-state index in [9.17, 15) is 18.0 Å². The molecule has 0 atom stereocenters. The number of halogens is 3. The maximum Gasteiger partial charge on any atom is 0.433 e. The van der Waals surface area contributed by atoms with E-state index in [0.717, 1.165) is 36.9 Å². The van der Waals surface area contributed by atoms with Gasteiger partial charge in [-0.3, -0.25) is 9.78 Å². The molecule has 0 unspecified atom stereocenters. The van der Waals surface area contributed by atoms with Gasteiger partial charge in [-0.05, 0) is 25.0 Å². The first-order valence-corrected chi connectivity index (χ1v) is 8.01. The van der Waals surface area contributed by atoms with Crippen LogP contribution >= 0.6 is 0 Å². The van der Waals surface area contributed by atoms with E-state index in [-0.39, 0.29) is 23.8 Å². The minimum atomic E-state index is -4.56. The first-order chi connectivity index (χ1) is 12.9. The van der Waals surface area contributed by atoms with Crippen LogP contribution in [0, 0.1) is 0 Å². The number of aromatic nitrogens is 4. The summed E-state index contributed by atoms with van der Waals surface area (Å²) in [4.78, 5) is 19.3. The lowest BCUT2D eigenvalue weighted by Gasteiger charge is -2.06. The standard InChI is InChI=1S/C16H12F3N5O3/c17-16(18,19)12-4-3-9(6-20-12)15(25)21-7-13-22-14(24-27-13)10-5-11(26-23-10)8-1-2-8/h3-6,8H,1-2,7H2,(H,21,25). The van der Waals surface area contributed by atoms with Gasteiger partial charge in [0.15, 0.2) is 5.69 Å². The Morgan fingerprint density at radius 2 is 2.04 bits per heavy atom. The van der Waals surface area contributed by atoms with Crippen LogP contribution in [0.5, 0.6) is 0 Å². The molecule has 1 N–H and O–H groups in total. The first-order valence-electron chi connectivity index (χ1n) is 8.01. The Labute approximate surface area is 149 Å². The van der Waals surface area contributed by atoms with Gasteiger partial charge in [0.05, 0.1) is 12.1 Å². The summed E-state index contributed by atoms with van der Waals surface area (Å²) >= 11 is 0. The summed E-state index contributed by atoms with van der Waals surface area (Å²) in [6.45, 7) is -0.0970. The smallest absolute Gasteiger partial charge is 0.360 e. The number of alkyl halides is 3. The van der Waals surface area contributed by atoms with E-state index in [0.29, 0.717) is 11.6 Å². The van der Waals surface area contributed by atoms with Crippen molar-refractivity contribution in [2.24, 2.45) is 0 Å². The van der Waals surface area contributed by atoms with Crippen LogP contribution in [0.4, 0.5) is 13.2 Å². The zero-order valence-corrected chi connectivity index (χ0v) is 13.7. The summed E-state index contributed by atoms with van der Waals surface area (Å²) in [6, 6.07) is 3.53. The van der Waals surface area contributed by atoms with Crippen LogP contribution in [0.2, 0.25) is 0 Å². The highest BCUT2D eigenvalue weighted by Gasteiger charge is 2.32. The van der Waals surface area contributed by atoms with Crippen LogP contribution in [0.25, 0.3) is 11.5 Å². The molecular formula is C16H12F3N5O3. The maximum absolute atomic E-state index is 12.5. The van der Waals surface area contributed by atoms with Gasteiger partial charge in [-0.15, -0.1) is 0 Å². The molecule has 0 saturated heterocycles. The summed E-state index contributed by atoms with van der Waals surface area (Å²) in [5.41, 5.74) is -0.655. The second kappa shape index (κ2) is 6.49. The molecule has 0 aromatic carbocycles. The van der Waals surface area contributed by atoms with Gasteiger partial charge in [0.25, 0.3) is 5.91 Å². The van der Waals surface area contributed by atoms with Crippen molar-refractivity contribution in [2.45, 2.75) is 31.5 Å². The predicted octanol–water partition coefficient (Wildman–Crippen LogP) is 2.95. The Morgan fingerprint density at radius 1 is 1.22 bits per heavy atom. The molecule has 27 heavy (non-hydrogen) atoms. The number of amides is 1. The average Bonchev–Trinajstić information content (AvgIpc) is 3.18. The van der Waals surface area contributed by atoms with Gasteiger partial charge < -0.3 is 14.4 Å². The Hall–Kier alpha value is -3.24. The lowest BCUT2D eigenvalue weighted by atomic mass is 10.2. The molecule has 11 heteroatoms. The third-order valence-electron chi connectivity index (χ3n) is 3.92. The number of rotatable bonds is 5. The van der Waals surface area contributed by atoms with Gasteiger partial charge in [0, 0.05) is 18.2 Å². The van der Waals surface area contributed by atoms with Crippen molar-refractivity contribution in [1.82, 2.24) is 25.6 Å². The lowest BCUT2D eigenvalue weighted by molar-refractivity contribution is -0.141. The second-order valence-corrected chi connectivity index (χ2v) is 6.01. The van der Waals surface area contributed by atoms with E-state index >= 15 is 0 Å². The normalized spacial score (nSPS) is 14.3. The molecule has 0 spiro atoms. The molecule has 8 nitrogen and oxygen atoms in total. The molecule has 1 aliphatic carbocycles. The first kappa shape index (κ1) is 17.2. The third-order valence-corrected chi connectivity index (χ3v) is 3.92. The van der Waals surface area contributed by atoms with Crippen LogP contribution < -0.4 is 5.32 Å². The number of hydrogen-bond donors (Lipinski definition) is 1. The summed E-state index contributed by atoms with van der Waals surface area (Å²) in [5.74, 6) is 0.905. The largest absolute Gasteiger partial charge is 0.433 e. The van der Waals surface area contributed by atoms with Gasteiger partial charge in [-0.1, -0.05) is 10.3 Å². The molecular weight excluding hydrogens is 367 g/mol. The summed E-state index contributed by atoms with van der Waals surface area (Å²) < 4.78 is 47.7. The van der Waals surface area contributed by atoms with Crippen molar-refractivity contribution in [3.8, 4) is 11.5 Å². The molecule has 4 rings (SSSR count). The minimum Gasteiger partial charge on any atom is -0.360 e. The van der Waals surface area contributed by atoms with Gasteiger partial charge >= 0.3 is 6.18 Å². The maximum atomic E-state index is 12.5. The van der Waals surface area contributed by atoms with Gasteiger partial charge in [-0.2, -0.15) is 18.2 Å². The van der Waals surface area contributed by atoms with E-state index in [4.69, 9.17) is 9.05 Å². The van der Waals surface area contributed by atoms with Crippen LogP contribution in [-0.4, -0.2) is 26.2 Å². The van der Waals surface area contributed by atoms with E-state index in [1.54, 1.807) is 6.07 Å². The number of hydrogen-bond acceptors (Lipinski definition) is 7. The van der Waals surface area contributed by atoms with Crippen LogP contribution in [0.1, 0.15) is 46.5 Å². The number of nitrogens with one attached hydrogen (secondary N) is 1. The molecule has 3 aromatic rings. The van der Waals surface area contributed by atoms with Crippen molar-refractivity contribution in [2.75, 3.05) is 0 Å². The topological polar surface area (TPSA) is 107 Å². The predicted molar refractivity (Wildman–Crippen MR) is 82.2 cm³/mol. The number of pyridine rings is 1. The Balaban J connectivity index is 1.37. The van der Waals surface area contributed by atoms with Gasteiger partial charge in [-0.25, -0.2) is 0 Å². The Bertz CT molecular complexity index is 960. The average molecular weight is 379 g/mol. The van der Waals surface area contributed by atoms with Crippen molar-refractivity contribution in [3.63, 3.8) is 0 Å². The molecule has 1 aliphatic rings. The summed E-state index contributed by atoms with van der Waals surface area (Å²) in [7, 11) is 0. The minimum absolute atomic E-state index is 0.0201. The van der Waals surface area contributed by atoms with E-state index in [1.165, 1.54) is 0 Å². The quantitative estimate of drug-likeness (QED) is 0.726. The van der Waals surface area contributed by atoms with Crippen LogP contribution in [-0.2, 0) is 12.7 Å². The van der Waals surface area contributed by atoms with Crippen molar-refractivity contribution >= 4 is 5.91 Å². The fourth-order valence-electron chi connectivity index (χ4n) is 2.34. The second-order valence-electron chi connectivity index (χ2n) is 6.01. The Morgan fingerprint density at radius 3 is 2.70 bits per heavy atom. The molecule has 140 valence electrons. The van der Waals surface area contributed by atoms with Crippen molar-refractivity contribution < 1.29 is 27.0 Å². The molecule has 1 amide bonds. The van der Waals surface area contributed by atoms with E-state index < -0.39 is 17.8 Å². The number of nitrogens with zero attached hydrogens (tertiary/aromatic N) is 4. The Kier molecular flexibility index (Phi) is 4.13. The molecule has 0 aliphatic heterocycles. The fraction of sp³-hybridized carbons (Fsp3) is 0.312. The molecule has 1 fully saturated rings. The number of carbonyl (C=O) groups is 1. The SMILES string of the molecule is O=C(NCc1nc(-c2cc(C3CC3)on2)no1)c1ccc(C(F)(F)F)nc1. The fourth-order valence-corrected chi connectivity index (χ4v) is 2.34. The highest BCUT2D eigenvalue weighted by molar-refractivity contribution is 5.93. The molecule has 0 radical (unpaired) electrons. The molecule has 1 saturated carbocycles. The van der Waals surface area contributed by atoms with Crippen molar-refractivity contribution in [1.29, 1.82) is 0 Å². The highest BCUT2D eigenvalue weighted by Crippen LogP contribution is 2.40.